The molecule has 1 amide bonds. The molecule has 3 aromatic rings. The number of anilines is 1. The summed E-state index contributed by atoms with van der Waals surface area (Å²) < 4.78 is 4.19. The van der Waals surface area contributed by atoms with Crippen molar-refractivity contribution in [1.29, 1.82) is 0 Å². The highest BCUT2D eigenvalue weighted by molar-refractivity contribution is 7.98. The molecule has 0 saturated carbocycles. The highest BCUT2D eigenvalue weighted by Gasteiger charge is 2.12. The first-order valence-corrected chi connectivity index (χ1v) is 10.4. The van der Waals surface area contributed by atoms with Crippen LogP contribution in [0.25, 0.3) is 5.69 Å². The van der Waals surface area contributed by atoms with Gasteiger partial charge in [-0.25, -0.2) is 4.68 Å². The average molecular weight is 414 g/mol. The molecular formula is C20H23N5OS2. The number of thioether (sulfide) groups is 1. The number of nitrogens with zero attached hydrogens (tertiary/aromatic N) is 4. The van der Waals surface area contributed by atoms with Crippen LogP contribution in [0.5, 0.6) is 0 Å². The number of para-hydroxylation sites is 2. The SMILES string of the molecule is CSc1ccccc1NC(=O)CN(C)Cn1ncn(-c2ccccc2C)c1=S. The van der Waals surface area contributed by atoms with E-state index >= 15 is 0 Å². The molecule has 0 bridgehead atoms. The fraction of sp³-hybridized carbons (Fsp3) is 0.250. The van der Waals surface area contributed by atoms with E-state index < -0.39 is 0 Å². The minimum absolute atomic E-state index is 0.0751. The van der Waals surface area contributed by atoms with Crippen molar-refractivity contribution >= 4 is 35.6 Å². The lowest BCUT2D eigenvalue weighted by Gasteiger charge is -2.17. The van der Waals surface area contributed by atoms with Gasteiger partial charge in [0.2, 0.25) is 10.7 Å². The Morgan fingerprint density at radius 1 is 1.21 bits per heavy atom. The molecule has 8 heteroatoms. The van der Waals surface area contributed by atoms with Crippen LogP contribution in [0.3, 0.4) is 0 Å². The standard InChI is InChI=1S/C20H23N5OS2/c1-15-8-4-6-10-17(15)24-13-21-25(20(24)27)14-23(2)12-19(26)22-16-9-5-7-11-18(16)28-3/h4-11,13H,12,14H2,1-3H3,(H,22,26). The maximum atomic E-state index is 12.4. The number of aryl methyl sites for hydroxylation is 1. The molecule has 28 heavy (non-hydrogen) atoms. The van der Waals surface area contributed by atoms with Gasteiger partial charge in [-0.3, -0.25) is 14.3 Å². The molecule has 0 saturated heterocycles. The molecule has 1 heterocycles. The van der Waals surface area contributed by atoms with Crippen molar-refractivity contribution in [1.82, 2.24) is 19.2 Å². The summed E-state index contributed by atoms with van der Waals surface area (Å²) in [4.78, 5) is 15.3. The Balaban J connectivity index is 1.65. The van der Waals surface area contributed by atoms with E-state index in [1.54, 1.807) is 22.8 Å². The van der Waals surface area contributed by atoms with Crippen molar-refractivity contribution in [3.8, 4) is 5.69 Å². The van der Waals surface area contributed by atoms with Crippen molar-refractivity contribution in [2.75, 3.05) is 25.2 Å². The summed E-state index contributed by atoms with van der Waals surface area (Å²) in [7, 11) is 1.87. The van der Waals surface area contributed by atoms with E-state index in [1.807, 2.05) is 78.2 Å². The molecule has 1 N–H and O–H groups in total. The molecule has 0 fully saturated rings. The van der Waals surface area contributed by atoms with Gasteiger partial charge in [0.1, 0.15) is 6.33 Å². The first-order chi connectivity index (χ1) is 13.5. The van der Waals surface area contributed by atoms with Crippen LogP contribution in [-0.4, -0.2) is 45.0 Å². The number of hydrogen-bond donors (Lipinski definition) is 1. The Labute approximate surface area is 174 Å². The number of nitrogens with one attached hydrogen (secondary N) is 1. The van der Waals surface area contributed by atoms with Crippen molar-refractivity contribution in [3.05, 3.63) is 65.2 Å². The third-order valence-corrected chi connectivity index (χ3v) is 5.48. The van der Waals surface area contributed by atoms with E-state index in [9.17, 15) is 4.79 Å². The quantitative estimate of drug-likeness (QED) is 0.469. The number of likely N-dealkylation sites (N-methyl/N-ethyl adjacent to an activating group) is 1. The van der Waals surface area contributed by atoms with E-state index in [2.05, 4.69) is 10.4 Å². The Hall–Kier alpha value is -2.42. The fourth-order valence-electron chi connectivity index (χ4n) is 2.89. The summed E-state index contributed by atoms with van der Waals surface area (Å²) in [5.41, 5.74) is 2.96. The van der Waals surface area contributed by atoms with Crippen LogP contribution < -0.4 is 5.32 Å². The molecule has 0 aliphatic rings. The van der Waals surface area contributed by atoms with Gasteiger partial charge in [0.15, 0.2) is 0 Å². The van der Waals surface area contributed by atoms with Gasteiger partial charge < -0.3 is 5.32 Å². The molecule has 0 aliphatic heterocycles. The Bertz CT molecular complexity index is 1030. The maximum absolute atomic E-state index is 12.4. The van der Waals surface area contributed by atoms with Gasteiger partial charge in [0, 0.05) is 4.90 Å². The number of aromatic nitrogens is 3. The fourth-order valence-corrected chi connectivity index (χ4v) is 3.70. The second-order valence-electron chi connectivity index (χ2n) is 6.47. The van der Waals surface area contributed by atoms with Crippen LogP contribution in [-0.2, 0) is 11.5 Å². The van der Waals surface area contributed by atoms with Gasteiger partial charge in [-0.1, -0.05) is 30.3 Å². The number of amides is 1. The minimum atomic E-state index is -0.0751. The first-order valence-electron chi connectivity index (χ1n) is 8.81. The molecule has 0 unspecified atom stereocenters. The predicted molar refractivity (Wildman–Crippen MR) is 117 cm³/mol. The molecule has 3 rings (SSSR count). The average Bonchev–Trinajstić information content (AvgIpc) is 3.02. The van der Waals surface area contributed by atoms with Crippen molar-refractivity contribution < 1.29 is 4.79 Å². The number of hydrogen-bond acceptors (Lipinski definition) is 5. The van der Waals surface area contributed by atoms with Gasteiger partial charge in [0.25, 0.3) is 0 Å². The highest BCUT2D eigenvalue weighted by atomic mass is 32.2. The number of benzene rings is 2. The van der Waals surface area contributed by atoms with E-state index in [-0.39, 0.29) is 12.5 Å². The van der Waals surface area contributed by atoms with Gasteiger partial charge in [-0.2, -0.15) is 5.10 Å². The third kappa shape index (κ3) is 4.70. The zero-order chi connectivity index (χ0) is 20.1. The van der Waals surface area contributed by atoms with Crippen LogP contribution in [0.4, 0.5) is 5.69 Å². The zero-order valence-electron chi connectivity index (χ0n) is 16.1. The smallest absolute Gasteiger partial charge is 0.238 e. The molecular weight excluding hydrogens is 390 g/mol. The molecule has 0 aliphatic carbocycles. The lowest BCUT2D eigenvalue weighted by Crippen LogP contribution is -2.32. The first kappa shape index (κ1) is 20.3. The third-order valence-electron chi connectivity index (χ3n) is 4.28. The topological polar surface area (TPSA) is 55.1 Å². The van der Waals surface area contributed by atoms with Crippen LogP contribution in [0.1, 0.15) is 5.56 Å². The maximum Gasteiger partial charge on any atom is 0.238 e. The van der Waals surface area contributed by atoms with E-state index in [1.165, 1.54) is 0 Å². The molecule has 0 atom stereocenters. The summed E-state index contributed by atoms with van der Waals surface area (Å²) in [6.07, 6.45) is 3.71. The van der Waals surface area contributed by atoms with Crippen molar-refractivity contribution in [3.63, 3.8) is 0 Å². The molecule has 6 nitrogen and oxygen atoms in total. The van der Waals surface area contributed by atoms with Crippen molar-refractivity contribution in [2.24, 2.45) is 0 Å². The molecule has 0 spiro atoms. The normalized spacial score (nSPS) is 11.0. The second kappa shape index (κ2) is 9.18. The van der Waals surface area contributed by atoms with Crippen LogP contribution >= 0.6 is 24.0 Å². The summed E-state index contributed by atoms with van der Waals surface area (Å²) in [6.45, 7) is 2.70. The number of carbonyl (C=O) groups excluding carboxylic acids is 1. The monoisotopic (exact) mass is 413 g/mol. The zero-order valence-corrected chi connectivity index (χ0v) is 17.8. The van der Waals surface area contributed by atoms with Gasteiger partial charge in [-0.15, -0.1) is 11.8 Å². The van der Waals surface area contributed by atoms with E-state index in [4.69, 9.17) is 12.2 Å². The number of carbonyl (C=O) groups is 1. The Morgan fingerprint density at radius 3 is 2.68 bits per heavy atom. The Kier molecular flexibility index (Phi) is 6.66. The van der Waals surface area contributed by atoms with Crippen molar-refractivity contribution in [2.45, 2.75) is 18.5 Å². The van der Waals surface area contributed by atoms with E-state index in [0.717, 1.165) is 21.8 Å². The highest BCUT2D eigenvalue weighted by Crippen LogP contribution is 2.24. The van der Waals surface area contributed by atoms with E-state index in [0.29, 0.717) is 11.4 Å². The summed E-state index contributed by atoms with van der Waals surface area (Å²) >= 11 is 7.17. The summed E-state index contributed by atoms with van der Waals surface area (Å²) in [5.74, 6) is -0.0751. The summed E-state index contributed by atoms with van der Waals surface area (Å²) in [6, 6.07) is 15.8. The lowest BCUT2D eigenvalue weighted by molar-refractivity contribution is -0.117. The number of rotatable bonds is 7. The predicted octanol–water partition coefficient (Wildman–Crippen LogP) is 3.96. The van der Waals surface area contributed by atoms with Crippen LogP contribution in [0.15, 0.2) is 59.8 Å². The van der Waals surface area contributed by atoms with Crippen LogP contribution in [0, 0.1) is 11.7 Å². The van der Waals surface area contributed by atoms with Gasteiger partial charge in [-0.05, 0) is 56.2 Å². The van der Waals surface area contributed by atoms with Gasteiger partial charge >= 0.3 is 0 Å². The summed E-state index contributed by atoms with van der Waals surface area (Å²) in [5, 5.41) is 7.36. The largest absolute Gasteiger partial charge is 0.324 e. The lowest BCUT2D eigenvalue weighted by atomic mass is 10.2. The second-order valence-corrected chi connectivity index (χ2v) is 7.69. The molecule has 146 valence electrons. The van der Waals surface area contributed by atoms with Crippen LogP contribution in [0.2, 0.25) is 0 Å². The molecule has 0 radical (unpaired) electrons. The van der Waals surface area contributed by atoms with Gasteiger partial charge in [0.05, 0.1) is 24.6 Å². The Morgan fingerprint density at radius 2 is 1.93 bits per heavy atom. The minimum Gasteiger partial charge on any atom is -0.324 e. The molecule has 1 aromatic heterocycles. The molecule has 2 aromatic carbocycles.